The number of rotatable bonds is 2. The van der Waals surface area contributed by atoms with Gasteiger partial charge in [-0.05, 0) is 43.0 Å². The summed E-state index contributed by atoms with van der Waals surface area (Å²) in [5, 5.41) is 9.75. The van der Waals surface area contributed by atoms with Crippen molar-refractivity contribution >= 4 is 5.69 Å². The van der Waals surface area contributed by atoms with Gasteiger partial charge in [0.2, 0.25) is 0 Å². The van der Waals surface area contributed by atoms with Crippen LogP contribution in [0.3, 0.4) is 0 Å². The first-order valence-corrected chi connectivity index (χ1v) is 6.47. The molecule has 2 rings (SSSR count). The molecule has 3 atom stereocenters. The van der Waals surface area contributed by atoms with Crippen LogP contribution in [-0.4, -0.2) is 24.3 Å². The average molecular weight is 252 g/mol. The number of benzene rings is 1. The molecule has 0 radical (unpaired) electrons. The smallest absolute Gasteiger partial charge is 0.123 e. The lowest BCUT2D eigenvalue weighted by Crippen LogP contribution is -2.42. The van der Waals surface area contributed by atoms with Crippen LogP contribution in [0.5, 0.6) is 0 Å². The van der Waals surface area contributed by atoms with E-state index in [2.05, 4.69) is 4.90 Å². The number of nitrogens with two attached hydrogens (primary N) is 1. The lowest BCUT2D eigenvalue weighted by atomic mass is 9.95. The van der Waals surface area contributed by atoms with E-state index in [1.165, 1.54) is 12.1 Å². The van der Waals surface area contributed by atoms with Gasteiger partial charge < -0.3 is 15.7 Å². The lowest BCUT2D eigenvalue weighted by Gasteiger charge is -2.37. The maximum absolute atomic E-state index is 13.3. The van der Waals surface area contributed by atoms with Gasteiger partial charge in [-0.3, -0.25) is 0 Å². The number of nitrogens with zero attached hydrogens (tertiary/aromatic N) is 1. The van der Waals surface area contributed by atoms with Crippen molar-refractivity contribution in [2.24, 2.45) is 11.7 Å². The van der Waals surface area contributed by atoms with E-state index in [1.807, 2.05) is 13.8 Å². The summed E-state index contributed by atoms with van der Waals surface area (Å²) in [7, 11) is 0. The Hall–Kier alpha value is -1.13. The molecule has 0 aromatic heterocycles. The van der Waals surface area contributed by atoms with Gasteiger partial charge in [0.1, 0.15) is 5.82 Å². The first-order chi connectivity index (χ1) is 8.49. The summed E-state index contributed by atoms with van der Waals surface area (Å²) in [6, 6.07) is 4.57. The summed E-state index contributed by atoms with van der Waals surface area (Å²) in [6.07, 6.45) is 0.511. The van der Waals surface area contributed by atoms with Gasteiger partial charge in [-0.1, -0.05) is 6.92 Å². The average Bonchev–Trinajstić information content (AvgIpc) is 2.32. The third-order valence-corrected chi connectivity index (χ3v) is 3.68. The number of aliphatic hydroxyl groups excluding tert-OH is 1. The third-order valence-electron chi connectivity index (χ3n) is 3.68. The van der Waals surface area contributed by atoms with Crippen molar-refractivity contribution in [3.8, 4) is 0 Å². The monoisotopic (exact) mass is 252 g/mol. The molecule has 0 aliphatic carbocycles. The van der Waals surface area contributed by atoms with Crippen LogP contribution in [-0.2, 0) is 0 Å². The van der Waals surface area contributed by atoms with Crippen molar-refractivity contribution in [1.82, 2.24) is 0 Å². The van der Waals surface area contributed by atoms with Crippen LogP contribution in [0.2, 0.25) is 0 Å². The summed E-state index contributed by atoms with van der Waals surface area (Å²) in [5.41, 5.74) is 7.73. The number of hydrogen-bond donors (Lipinski definition) is 2. The SMILES string of the molecule is CC1CN(c2ccc(F)cc2[C@H](C)N)CCC1O. The molecule has 2 unspecified atom stereocenters. The van der Waals surface area contributed by atoms with Gasteiger partial charge in [-0.2, -0.15) is 0 Å². The summed E-state index contributed by atoms with van der Waals surface area (Å²) >= 11 is 0. The lowest BCUT2D eigenvalue weighted by molar-refractivity contribution is 0.0970. The molecule has 1 saturated heterocycles. The van der Waals surface area contributed by atoms with Crippen LogP contribution >= 0.6 is 0 Å². The highest BCUT2D eigenvalue weighted by molar-refractivity contribution is 5.55. The Balaban J connectivity index is 2.28. The van der Waals surface area contributed by atoms with E-state index >= 15 is 0 Å². The molecule has 1 heterocycles. The normalized spacial score (nSPS) is 26.2. The Labute approximate surface area is 107 Å². The van der Waals surface area contributed by atoms with Crippen molar-refractivity contribution in [3.05, 3.63) is 29.6 Å². The van der Waals surface area contributed by atoms with Gasteiger partial charge >= 0.3 is 0 Å². The molecule has 3 N–H and O–H groups in total. The Morgan fingerprint density at radius 1 is 1.50 bits per heavy atom. The maximum Gasteiger partial charge on any atom is 0.123 e. The molecule has 0 saturated carbocycles. The van der Waals surface area contributed by atoms with Crippen molar-refractivity contribution in [2.45, 2.75) is 32.4 Å². The van der Waals surface area contributed by atoms with Gasteiger partial charge in [0.25, 0.3) is 0 Å². The molecule has 3 nitrogen and oxygen atoms in total. The molecule has 100 valence electrons. The molecule has 1 aliphatic heterocycles. The molecule has 4 heteroatoms. The summed E-state index contributed by atoms with van der Waals surface area (Å²) in [6.45, 7) is 5.47. The van der Waals surface area contributed by atoms with Gasteiger partial charge in [0, 0.05) is 24.8 Å². The minimum Gasteiger partial charge on any atom is -0.393 e. The van der Waals surface area contributed by atoms with Gasteiger partial charge in [-0.15, -0.1) is 0 Å². The summed E-state index contributed by atoms with van der Waals surface area (Å²) < 4.78 is 13.3. The number of piperidine rings is 1. The highest BCUT2D eigenvalue weighted by Crippen LogP contribution is 2.30. The number of anilines is 1. The summed E-state index contributed by atoms with van der Waals surface area (Å²) in [5.74, 6) is -0.0270. The number of halogens is 1. The standard InChI is InChI=1S/C14H21FN2O/c1-9-8-17(6-5-14(9)18)13-4-3-11(15)7-12(13)10(2)16/h3-4,7,9-10,14,18H,5-6,8,16H2,1-2H3/t9?,10-,14?/m0/s1. The first-order valence-electron chi connectivity index (χ1n) is 6.47. The Bertz CT molecular complexity index is 422. The molecule has 18 heavy (non-hydrogen) atoms. The second-order valence-electron chi connectivity index (χ2n) is 5.27. The zero-order chi connectivity index (χ0) is 13.3. The molecular weight excluding hydrogens is 231 g/mol. The van der Waals surface area contributed by atoms with Gasteiger partial charge in [-0.25, -0.2) is 4.39 Å². The first kappa shape index (κ1) is 13.3. The fraction of sp³-hybridized carbons (Fsp3) is 0.571. The second-order valence-corrected chi connectivity index (χ2v) is 5.27. The topological polar surface area (TPSA) is 49.5 Å². The van der Waals surface area contributed by atoms with Crippen LogP contribution < -0.4 is 10.6 Å². The van der Waals surface area contributed by atoms with E-state index < -0.39 is 0 Å². The largest absolute Gasteiger partial charge is 0.393 e. The highest BCUT2D eigenvalue weighted by atomic mass is 19.1. The van der Waals surface area contributed by atoms with Crippen LogP contribution in [0.4, 0.5) is 10.1 Å². The van der Waals surface area contributed by atoms with Crippen molar-refractivity contribution in [1.29, 1.82) is 0 Å². The molecule has 0 bridgehead atoms. The van der Waals surface area contributed by atoms with Crippen molar-refractivity contribution < 1.29 is 9.50 Å². The molecular formula is C14H21FN2O. The highest BCUT2D eigenvalue weighted by Gasteiger charge is 2.26. The van der Waals surface area contributed by atoms with E-state index in [0.29, 0.717) is 0 Å². The molecule has 1 aromatic rings. The predicted octanol–water partition coefficient (Wildman–Crippen LogP) is 2.05. The van der Waals surface area contributed by atoms with Crippen LogP contribution in [0, 0.1) is 11.7 Å². The summed E-state index contributed by atoms with van der Waals surface area (Å²) in [4.78, 5) is 2.19. The van der Waals surface area contributed by atoms with E-state index in [-0.39, 0.29) is 23.9 Å². The van der Waals surface area contributed by atoms with Crippen LogP contribution in [0.15, 0.2) is 18.2 Å². The Morgan fingerprint density at radius 2 is 2.22 bits per heavy atom. The minimum absolute atomic E-state index is 0.196. The fourth-order valence-corrected chi connectivity index (χ4v) is 2.53. The quantitative estimate of drug-likeness (QED) is 0.847. The van der Waals surface area contributed by atoms with E-state index in [1.54, 1.807) is 6.07 Å². The number of hydrogen-bond acceptors (Lipinski definition) is 3. The van der Waals surface area contributed by atoms with Crippen LogP contribution in [0.1, 0.15) is 31.9 Å². The van der Waals surface area contributed by atoms with E-state index in [0.717, 1.165) is 30.8 Å². The molecule has 1 aliphatic rings. The third kappa shape index (κ3) is 2.65. The van der Waals surface area contributed by atoms with Crippen molar-refractivity contribution in [2.75, 3.05) is 18.0 Å². The fourth-order valence-electron chi connectivity index (χ4n) is 2.53. The van der Waals surface area contributed by atoms with Gasteiger partial charge in [0.15, 0.2) is 0 Å². The minimum atomic E-state index is -0.254. The second kappa shape index (κ2) is 5.24. The molecule has 0 amide bonds. The predicted molar refractivity (Wildman–Crippen MR) is 71.0 cm³/mol. The molecule has 0 spiro atoms. The van der Waals surface area contributed by atoms with Gasteiger partial charge in [0.05, 0.1) is 6.10 Å². The number of aliphatic hydroxyl groups is 1. The van der Waals surface area contributed by atoms with E-state index in [4.69, 9.17) is 5.73 Å². The molecule has 1 aromatic carbocycles. The van der Waals surface area contributed by atoms with Crippen LogP contribution in [0.25, 0.3) is 0 Å². The zero-order valence-corrected chi connectivity index (χ0v) is 10.9. The Kier molecular flexibility index (Phi) is 3.88. The molecule has 1 fully saturated rings. The Morgan fingerprint density at radius 3 is 2.83 bits per heavy atom. The van der Waals surface area contributed by atoms with E-state index in [9.17, 15) is 9.50 Å². The zero-order valence-electron chi connectivity index (χ0n) is 10.9. The van der Waals surface area contributed by atoms with Crippen molar-refractivity contribution in [3.63, 3.8) is 0 Å². The maximum atomic E-state index is 13.3.